The molecule has 1 saturated heterocycles. The Morgan fingerprint density at radius 1 is 1.12 bits per heavy atom. The second-order valence-electron chi connectivity index (χ2n) is 7.57. The predicted molar refractivity (Wildman–Crippen MR) is 141 cm³/mol. The summed E-state index contributed by atoms with van der Waals surface area (Å²) in [7, 11) is 1.61. The number of ether oxygens (including phenoxy) is 1. The number of halogens is 1. The first-order valence-corrected chi connectivity index (χ1v) is 12.8. The summed E-state index contributed by atoms with van der Waals surface area (Å²) in [6, 6.07) is 17.6. The topological polar surface area (TPSA) is 90.4 Å². The van der Waals surface area contributed by atoms with Gasteiger partial charge in [-0.2, -0.15) is 0 Å². The van der Waals surface area contributed by atoms with Crippen molar-refractivity contribution in [2.45, 2.75) is 0 Å². The number of nitrogens with zero attached hydrogens (tertiary/aromatic N) is 3. The van der Waals surface area contributed by atoms with Crippen LogP contribution in [0, 0.1) is 0 Å². The van der Waals surface area contributed by atoms with Crippen LogP contribution in [0.2, 0.25) is 0 Å². The van der Waals surface area contributed by atoms with Gasteiger partial charge < -0.3 is 14.2 Å². The van der Waals surface area contributed by atoms with Crippen molar-refractivity contribution in [3.8, 4) is 16.9 Å². The normalized spacial score (nSPS) is 14.0. The average molecular weight is 515 g/mol. The van der Waals surface area contributed by atoms with E-state index in [4.69, 9.17) is 4.74 Å². The summed E-state index contributed by atoms with van der Waals surface area (Å²) < 4.78 is 18.0. The maximum atomic E-state index is 12.9. The summed E-state index contributed by atoms with van der Waals surface area (Å²) in [6.07, 6.45) is 1.57. The van der Waals surface area contributed by atoms with Crippen LogP contribution in [0.5, 0.6) is 5.75 Å². The molecule has 0 radical (unpaired) electrons. The van der Waals surface area contributed by atoms with E-state index in [1.54, 1.807) is 19.4 Å². The molecule has 5 rings (SSSR count). The molecule has 4 aromatic rings. The van der Waals surface area contributed by atoms with Gasteiger partial charge in [0.1, 0.15) is 28.6 Å². The summed E-state index contributed by atoms with van der Waals surface area (Å²) in [5.74, 6) is 2.48. The highest BCUT2D eigenvalue weighted by Crippen LogP contribution is 2.39. The number of rotatable bonds is 5. The van der Waals surface area contributed by atoms with Crippen LogP contribution < -0.4 is 15.0 Å². The first-order valence-electron chi connectivity index (χ1n) is 10.5. The molecule has 1 N–H and O–H groups in total. The predicted octanol–water partition coefficient (Wildman–Crippen LogP) is 4.61. The van der Waals surface area contributed by atoms with Crippen molar-refractivity contribution in [2.75, 3.05) is 41.9 Å². The molecule has 1 amide bonds. The van der Waals surface area contributed by atoms with E-state index in [9.17, 15) is 9.35 Å². The van der Waals surface area contributed by atoms with Gasteiger partial charge >= 0.3 is 0 Å². The van der Waals surface area contributed by atoms with Gasteiger partial charge in [0.25, 0.3) is 5.91 Å². The number of pyridine rings is 1. The van der Waals surface area contributed by atoms with Crippen LogP contribution in [0.4, 0.5) is 10.9 Å². The van der Waals surface area contributed by atoms with Crippen molar-refractivity contribution in [3.63, 3.8) is 0 Å². The lowest BCUT2D eigenvalue weighted by Gasteiger charge is -2.28. The third kappa shape index (κ3) is 4.97. The molecule has 0 unspecified atom stereocenters. The van der Waals surface area contributed by atoms with Crippen LogP contribution in [0.3, 0.4) is 0 Å². The van der Waals surface area contributed by atoms with Crippen molar-refractivity contribution < 1.29 is 14.1 Å². The summed E-state index contributed by atoms with van der Waals surface area (Å²) in [4.78, 5) is 24.0. The summed E-state index contributed by atoms with van der Waals surface area (Å²) >= 11 is 0.676. The number of hydrogen-bond donors (Lipinski definition) is 1. The van der Waals surface area contributed by atoms with Gasteiger partial charge in [-0.25, -0.2) is 9.97 Å². The average Bonchev–Trinajstić information content (AvgIpc) is 3.28. The molecule has 3 heterocycles. The first kappa shape index (κ1) is 24.3. The Labute approximate surface area is 210 Å². The van der Waals surface area contributed by atoms with Crippen LogP contribution in [0.15, 0.2) is 60.8 Å². The van der Waals surface area contributed by atoms with Crippen LogP contribution in [0.25, 0.3) is 21.3 Å². The molecular formula is C24H23ClN4O3S2. The van der Waals surface area contributed by atoms with Gasteiger partial charge in [0.15, 0.2) is 5.13 Å². The Balaban J connectivity index is 0.00000274. The Kier molecular flexibility index (Phi) is 7.57. The number of amides is 1. The van der Waals surface area contributed by atoms with Crippen LogP contribution in [-0.2, 0) is 11.2 Å². The van der Waals surface area contributed by atoms with Gasteiger partial charge in [0, 0.05) is 11.8 Å². The number of carbonyl (C=O) groups is 1. The fraction of sp³-hybridized carbons (Fsp3) is 0.208. The molecule has 1 fully saturated rings. The van der Waals surface area contributed by atoms with Crippen molar-refractivity contribution in [1.29, 1.82) is 0 Å². The van der Waals surface area contributed by atoms with Gasteiger partial charge in [-0.3, -0.25) is 10.1 Å². The van der Waals surface area contributed by atoms with E-state index in [2.05, 4.69) is 20.2 Å². The number of thiazole rings is 1. The zero-order chi connectivity index (χ0) is 22.8. The third-order valence-electron chi connectivity index (χ3n) is 5.54. The van der Waals surface area contributed by atoms with Gasteiger partial charge in [-0.1, -0.05) is 52.8 Å². The minimum atomic E-state index is -0.741. The number of anilines is 2. The van der Waals surface area contributed by atoms with E-state index >= 15 is 0 Å². The Morgan fingerprint density at radius 2 is 1.88 bits per heavy atom. The number of hydrogen-bond acceptors (Lipinski definition) is 7. The minimum absolute atomic E-state index is 0. The maximum absolute atomic E-state index is 12.9. The van der Waals surface area contributed by atoms with Gasteiger partial charge in [0.2, 0.25) is 0 Å². The lowest BCUT2D eigenvalue weighted by molar-refractivity contribution is 0.102. The number of methoxy groups -OCH3 is 1. The molecule has 1 aliphatic heterocycles. The zero-order valence-corrected chi connectivity index (χ0v) is 20.8. The number of aromatic nitrogens is 2. The molecule has 7 nitrogen and oxygen atoms in total. The molecule has 0 spiro atoms. The summed E-state index contributed by atoms with van der Waals surface area (Å²) in [6.45, 7) is 1.42. The Bertz CT molecular complexity index is 1280. The number of carbonyl (C=O) groups excluding carboxylic acids is 1. The number of fused-ring (bicyclic) bond motifs is 1. The van der Waals surface area contributed by atoms with E-state index in [-0.39, 0.29) is 18.3 Å². The van der Waals surface area contributed by atoms with Crippen LogP contribution >= 0.6 is 23.7 Å². The van der Waals surface area contributed by atoms with Crippen molar-refractivity contribution in [3.05, 3.63) is 66.4 Å². The monoisotopic (exact) mass is 514 g/mol. The van der Waals surface area contributed by atoms with E-state index in [1.165, 1.54) is 11.3 Å². The smallest absolute Gasteiger partial charge is 0.259 e. The van der Waals surface area contributed by atoms with E-state index in [0.717, 1.165) is 27.2 Å². The van der Waals surface area contributed by atoms with Gasteiger partial charge in [-0.15, -0.1) is 12.4 Å². The largest absolute Gasteiger partial charge is 0.616 e. The molecule has 0 atom stereocenters. The van der Waals surface area contributed by atoms with E-state index < -0.39 is 11.2 Å². The lowest BCUT2D eigenvalue weighted by Crippen LogP contribution is -2.40. The van der Waals surface area contributed by atoms with E-state index in [0.29, 0.717) is 41.0 Å². The second kappa shape index (κ2) is 10.6. The Hall–Kier alpha value is -2.85. The van der Waals surface area contributed by atoms with Crippen LogP contribution in [0.1, 0.15) is 10.4 Å². The summed E-state index contributed by atoms with van der Waals surface area (Å²) in [5, 5.41) is 3.40. The van der Waals surface area contributed by atoms with Crippen molar-refractivity contribution in [2.24, 2.45) is 0 Å². The second-order valence-corrected chi connectivity index (χ2v) is 10.3. The molecule has 34 heavy (non-hydrogen) atoms. The van der Waals surface area contributed by atoms with Crippen LogP contribution in [-0.4, -0.2) is 52.1 Å². The molecule has 2 aromatic carbocycles. The SMILES string of the molecule is COc1ccc(-c2ccccc2)c2sc(NC(=O)c3ccc(N4CC[S+]([O-])CC4)nc3)nc12.Cl. The number of nitrogens with one attached hydrogen (secondary N) is 1. The minimum Gasteiger partial charge on any atom is -0.616 e. The fourth-order valence-corrected chi connectivity index (χ4v) is 5.86. The highest BCUT2D eigenvalue weighted by atomic mass is 35.5. The first-order chi connectivity index (χ1) is 16.1. The molecule has 0 aliphatic carbocycles. The molecule has 10 heteroatoms. The molecule has 0 saturated carbocycles. The molecule has 1 aliphatic rings. The van der Waals surface area contributed by atoms with Crippen molar-refractivity contribution in [1.82, 2.24) is 9.97 Å². The third-order valence-corrected chi connectivity index (χ3v) is 7.82. The molecule has 176 valence electrons. The van der Waals surface area contributed by atoms with E-state index in [1.807, 2.05) is 48.5 Å². The van der Waals surface area contributed by atoms with Gasteiger partial charge in [-0.05, 0) is 29.8 Å². The molecular weight excluding hydrogens is 492 g/mol. The molecule has 0 bridgehead atoms. The van der Waals surface area contributed by atoms with Gasteiger partial charge in [0.05, 0.1) is 30.5 Å². The Morgan fingerprint density at radius 3 is 2.56 bits per heavy atom. The highest BCUT2D eigenvalue weighted by molar-refractivity contribution is 7.91. The lowest BCUT2D eigenvalue weighted by atomic mass is 10.1. The fourth-order valence-electron chi connectivity index (χ4n) is 3.79. The number of benzene rings is 2. The quantitative estimate of drug-likeness (QED) is 0.391. The maximum Gasteiger partial charge on any atom is 0.259 e. The highest BCUT2D eigenvalue weighted by Gasteiger charge is 2.21. The molecule has 2 aromatic heterocycles. The zero-order valence-electron chi connectivity index (χ0n) is 18.4. The standard InChI is InChI=1S/C24H22N4O3S2.ClH/c1-31-19-9-8-18(16-5-3-2-4-6-16)22-21(19)26-24(32-22)27-23(29)17-7-10-20(25-15-17)28-11-13-33(30)14-12-28;/h2-10,15H,11-14H2,1H3,(H,26,27,29);1H. The summed E-state index contributed by atoms with van der Waals surface area (Å²) in [5.41, 5.74) is 3.29. The van der Waals surface area contributed by atoms with Crippen molar-refractivity contribution >= 4 is 62.0 Å².